The molecule has 1 heterocycles. The normalized spacial score (nSPS) is 10.4. The predicted octanol–water partition coefficient (Wildman–Crippen LogP) is 4.90. The number of aromatic nitrogens is 2. The second-order valence-corrected chi connectivity index (χ2v) is 5.06. The van der Waals surface area contributed by atoms with Crippen LogP contribution in [0.25, 0.3) is 0 Å². The first-order valence-corrected chi connectivity index (χ1v) is 7.06. The molecule has 0 aliphatic carbocycles. The molecule has 2 aromatic carbocycles. The molecule has 0 aliphatic heterocycles. The van der Waals surface area contributed by atoms with E-state index in [1.54, 1.807) is 30.5 Å². The zero-order valence-electron chi connectivity index (χ0n) is 11.7. The number of rotatable bonds is 4. The Morgan fingerprint density at radius 2 is 1.61 bits per heavy atom. The van der Waals surface area contributed by atoms with E-state index in [4.69, 9.17) is 11.6 Å². The van der Waals surface area contributed by atoms with E-state index in [0.717, 1.165) is 0 Å². The monoisotopic (exact) mass is 332 g/mol. The Hall–Kier alpha value is -2.73. The summed E-state index contributed by atoms with van der Waals surface area (Å²) in [4.78, 5) is 8.36. The lowest BCUT2D eigenvalue weighted by molar-refractivity contribution is 0.628. The van der Waals surface area contributed by atoms with Gasteiger partial charge in [0.25, 0.3) is 0 Å². The lowest BCUT2D eigenvalue weighted by Crippen LogP contribution is -2.00. The number of anilines is 4. The zero-order chi connectivity index (χ0) is 16.2. The Kier molecular flexibility index (Phi) is 4.34. The van der Waals surface area contributed by atoms with Crippen LogP contribution in [0.4, 0.5) is 31.9 Å². The van der Waals surface area contributed by atoms with Gasteiger partial charge < -0.3 is 10.6 Å². The van der Waals surface area contributed by atoms with Crippen molar-refractivity contribution >= 4 is 34.7 Å². The summed E-state index contributed by atoms with van der Waals surface area (Å²) >= 11 is 5.74. The van der Waals surface area contributed by atoms with Crippen molar-refractivity contribution in [3.8, 4) is 0 Å². The van der Waals surface area contributed by atoms with Crippen molar-refractivity contribution < 1.29 is 8.78 Å². The van der Waals surface area contributed by atoms with Gasteiger partial charge in [-0.3, -0.25) is 0 Å². The number of nitrogens with zero attached hydrogens (tertiary/aromatic N) is 2. The highest BCUT2D eigenvalue weighted by Crippen LogP contribution is 2.22. The highest BCUT2D eigenvalue weighted by Gasteiger charge is 2.04. The van der Waals surface area contributed by atoms with Crippen LogP contribution < -0.4 is 10.6 Å². The van der Waals surface area contributed by atoms with Gasteiger partial charge in [0.2, 0.25) is 5.95 Å². The zero-order valence-corrected chi connectivity index (χ0v) is 12.5. The van der Waals surface area contributed by atoms with Crippen LogP contribution >= 0.6 is 11.6 Å². The summed E-state index contributed by atoms with van der Waals surface area (Å²) in [5.41, 5.74) is 1.26. The van der Waals surface area contributed by atoms with E-state index in [1.807, 2.05) is 0 Å². The summed E-state index contributed by atoms with van der Waals surface area (Å²) in [5, 5.41) is 5.99. The van der Waals surface area contributed by atoms with Crippen molar-refractivity contribution in [2.45, 2.75) is 0 Å². The van der Waals surface area contributed by atoms with E-state index in [0.29, 0.717) is 23.1 Å². The maximum absolute atomic E-state index is 13.2. The van der Waals surface area contributed by atoms with E-state index < -0.39 is 5.82 Å². The Morgan fingerprint density at radius 1 is 0.870 bits per heavy atom. The Bertz CT molecular complexity index is 825. The third kappa shape index (κ3) is 3.92. The van der Waals surface area contributed by atoms with Crippen LogP contribution in [0.5, 0.6) is 0 Å². The summed E-state index contributed by atoms with van der Waals surface area (Å²) in [6.07, 6.45) is 1.56. The third-order valence-corrected chi connectivity index (χ3v) is 3.24. The van der Waals surface area contributed by atoms with Crippen LogP contribution in [0.2, 0.25) is 5.02 Å². The standard InChI is InChI=1S/C16H11ClF2N4/c17-13-9-12(5-6-14(13)19)21-15-7-8-20-16(23-15)22-11-3-1-10(18)2-4-11/h1-9H,(H2,20,21,22,23). The fourth-order valence-corrected chi connectivity index (χ4v) is 2.05. The molecule has 23 heavy (non-hydrogen) atoms. The molecule has 3 rings (SSSR count). The van der Waals surface area contributed by atoms with E-state index in [-0.39, 0.29) is 10.8 Å². The first kappa shape index (κ1) is 15.2. The lowest BCUT2D eigenvalue weighted by Gasteiger charge is -2.09. The van der Waals surface area contributed by atoms with Gasteiger partial charge >= 0.3 is 0 Å². The van der Waals surface area contributed by atoms with Crippen molar-refractivity contribution in [1.29, 1.82) is 0 Å². The molecular formula is C16H11ClF2N4. The van der Waals surface area contributed by atoms with Gasteiger partial charge in [-0.05, 0) is 48.5 Å². The minimum absolute atomic E-state index is 0.0220. The Balaban J connectivity index is 1.76. The van der Waals surface area contributed by atoms with Crippen molar-refractivity contribution in [3.05, 3.63) is 71.4 Å². The maximum atomic E-state index is 13.2. The molecule has 0 fully saturated rings. The average Bonchev–Trinajstić information content (AvgIpc) is 2.54. The van der Waals surface area contributed by atoms with E-state index >= 15 is 0 Å². The average molecular weight is 333 g/mol. The molecule has 3 aromatic rings. The number of benzene rings is 2. The van der Waals surface area contributed by atoms with Crippen LogP contribution in [-0.2, 0) is 0 Å². The highest BCUT2D eigenvalue weighted by atomic mass is 35.5. The third-order valence-electron chi connectivity index (χ3n) is 2.95. The molecule has 0 radical (unpaired) electrons. The second kappa shape index (κ2) is 6.58. The summed E-state index contributed by atoms with van der Waals surface area (Å²) < 4.78 is 26.0. The van der Waals surface area contributed by atoms with Crippen molar-refractivity contribution in [3.63, 3.8) is 0 Å². The van der Waals surface area contributed by atoms with E-state index in [1.165, 1.54) is 24.3 Å². The molecule has 0 unspecified atom stereocenters. The van der Waals surface area contributed by atoms with Crippen molar-refractivity contribution in [2.75, 3.05) is 10.6 Å². The van der Waals surface area contributed by atoms with Gasteiger partial charge in [0, 0.05) is 17.6 Å². The highest BCUT2D eigenvalue weighted by molar-refractivity contribution is 6.31. The van der Waals surface area contributed by atoms with Crippen molar-refractivity contribution in [1.82, 2.24) is 9.97 Å². The Morgan fingerprint density at radius 3 is 2.35 bits per heavy atom. The van der Waals surface area contributed by atoms with Crippen LogP contribution in [0.1, 0.15) is 0 Å². The van der Waals surface area contributed by atoms with Gasteiger partial charge in [0.15, 0.2) is 0 Å². The Labute approximate surface area is 136 Å². The molecular weight excluding hydrogens is 322 g/mol. The SMILES string of the molecule is Fc1ccc(Nc2nccc(Nc3ccc(F)c(Cl)c3)n2)cc1. The topological polar surface area (TPSA) is 49.8 Å². The minimum Gasteiger partial charge on any atom is -0.340 e. The fraction of sp³-hybridized carbons (Fsp3) is 0. The number of hydrogen-bond donors (Lipinski definition) is 2. The molecule has 0 spiro atoms. The molecule has 0 aliphatic rings. The van der Waals surface area contributed by atoms with Crippen LogP contribution in [0.3, 0.4) is 0 Å². The number of halogens is 3. The maximum Gasteiger partial charge on any atom is 0.229 e. The van der Waals surface area contributed by atoms with Gasteiger partial charge in [0.1, 0.15) is 17.5 Å². The molecule has 2 N–H and O–H groups in total. The van der Waals surface area contributed by atoms with Crippen molar-refractivity contribution in [2.24, 2.45) is 0 Å². The quantitative estimate of drug-likeness (QED) is 0.713. The molecule has 0 amide bonds. The summed E-state index contributed by atoms with van der Waals surface area (Å²) in [6, 6.07) is 11.8. The number of nitrogens with one attached hydrogen (secondary N) is 2. The van der Waals surface area contributed by atoms with Crippen LogP contribution in [0.15, 0.2) is 54.7 Å². The first-order valence-electron chi connectivity index (χ1n) is 6.68. The summed E-state index contributed by atoms with van der Waals surface area (Å²) in [6.45, 7) is 0. The van der Waals surface area contributed by atoms with E-state index in [2.05, 4.69) is 20.6 Å². The molecule has 116 valence electrons. The first-order chi connectivity index (χ1) is 11.1. The molecule has 0 saturated carbocycles. The molecule has 0 bridgehead atoms. The lowest BCUT2D eigenvalue weighted by atomic mass is 10.3. The molecule has 7 heteroatoms. The molecule has 1 aromatic heterocycles. The molecule has 4 nitrogen and oxygen atoms in total. The van der Waals surface area contributed by atoms with Gasteiger partial charge in [-0.15, -0.1) is 0 Å². The van der Waals surface area contributed by atoms with Gasteiger partial charge in [-0.25, -0.2) is 13.8 Å². The minimum atomic E-state index is -0.487. The largest absolute Gasteiger partial charge is 0.340 e. The van der Waals surface area contributed by atoms with Gasteiger partial charge in [-0.2, -0.15) is 4.98 Å². The molecule has 0 saturated heterocycles. The summed E-state index contributed by atoms with van der Waals surface area (Å²) in [7, 11) is 0. The predicted molar refractivity (Wildman–Crippen MR) is 86.4 cm³/mol. The van der Waals surface area contributed by atoms with E-state index in [9.17, 15) is 8.78 Å². The summed E-state index contributed by atoms with van der Waals surface area (Å²) in [5.74, 6) is 0.0424. The van der Waals surface area contributed by atoms with Crippen LogP contribution in [0, 0.1) is 11.6 Å². The van der Waals surface area contributed by atoms with Crippen LogP contribution in [-0.4, -0.2) is 9.97 Å². The van der Waals surface area contributed by atoms with Gasteiger partial charge in [0.05, 0.1) is 5.02 Å². The smallest absolute Gasteiger partial charge is 0.229 e. The second-order valence-electron chi connectivity index (χ2n) is 4.65. The fourth-order valence-electron chi connectivity index (χ4n) is 1.87. The number of hydrogen-bond acceptors (Lipinski definition) is 4. The molecule has 0 atom stereocenters. The van der Waals surface area contributed by atoms with Gasteiger partial charge in [-0.1, -0.05) is 11.6 Å².